The summed E-state index contributed by atoms with van der Waals surface area (Å²) in [5.74, 6) is 0. The summed E-state index contributed by atoms with van der Waals surface area (Å²) in [6.07, 6.45) is 15.7. The summed E-state index contributed by atoms with van der Waals surface area (Å²) >= 11 is 3.74. The van der Waals surface area contributed by atoms with Gasteiger partial charge in [0, 0.05) is 0 Å². The second-order valence-electron chi connectivity index (χ2n) is 6.76. The molecule has 2 heteroatoms. The van der Waals surface area contributed by atoms with Crippen LogP contribution in [0.2, 0.25) is 0 Å². The topological polar surface area (TPSA) is 17.1 Å². The summed E-state index contributed by atoms with van der Waals surface area (Å²) in [5.41, 5.74) is 5.37. The van der Waals surface area contributed by atoms with E-state index in [1.165, 1.54) is 42.1 Å². The predicted octanol–water partition coefficient (Wildman–Crippen LogP) is 5.97. The Bertz CT molecular complexity index is 569. The highest BCUT2D eigenvalue weighted by atomic mass is 32.1. The Hall–Kier alpha value is -1.28. The molecule has 0 aromatic heterocycles. The highest BCUT2D eigenvalue weighted by molar-refractivity contribution is 7.97. The molecule has 0 saturated heterocycles. The lowest BCUT2D eigenvalue weighted by atomic mass is 9.72. The van der Waals surface area contributed by atoms with Crippen LogP contribution in [0.25, 0.3) is 0 Å². The van der Waals surface area contributed by atoms with Crippen LogP contribution in [-0.2, 0) is 4.79 Å². The summed E-state index contributed by atoms with van der Waals surface area (Å²) < 4.78 is 0. The highest BCUT2D eigenvalue weighted by Crippen LogP contribution is 2.40. The zero-order chi connectivity index (χ0) is 16.8. The normalized spacial score (nSPS) is 20.3. The fourth-order valence-electron chi connectivity index (χ4n) is 2.88. The average Bonchev–Trinajstić information content (AvgIpc) is 2.36. The first-order chi connectivity index (χ1) is 10.2. The van der Waals surface area contributed by atoms with E-state index >= 15 is 0 Å². The zero-order valence-electron chi connectivity index (χ0n) is 14.4. The van der Waals surface area contributed by atoms with Crippen LogP contribution >= 0.6 is 12.6 Å². The highest BCUT2D eigenvalue weighted by Gasteiger charge is 2.26. The largest absolute Gasteiger partial charge is 0.283 e. The third-order valence-electron chi connectivity index (χ3n) is 4.12. The van der Waals surface area contributed by atoms with E-state index in [2.05, 4.69) is 58.6 Å². The van der Waals surface area contributed by atoms with Crippen molar-refractivity contribution in [2.75, 3.05) is 0 Å². The standard InChI is InChI=1S/C20H28OS/c1-15(8-6-9-16(2)14-19(21)22)11-12-18-17(3)10-7-13-20(18,4)5/h6,8-9,11-12,14H,7,10,13H2,1-5H3,(H,21,22). The minimum atomic E-state index is -0.218. The van der Waals surface area contributed by atoms with Gasteiger partial charge in [0.05, 0.1) is 0 Å². The molecular formula is C20H28OS. The summed E-state index contributed by atoms with van der Waals surface area (Å²) in [5, 5.41) is -0.218. The third-order valence-corrected chi connectivity index (χ3v) is 4.25. The van der Waals surface area contributed by atoms with E-state index in [9.17, 15) is 4.79 Å². The van der Waals surface area contributed by atoms with Gasteiger partial charge in [-0.3, -0.25) is 4.79 Å². The predicted molar refractivity (Wildman–Crippen MR) is 100 cm³/mol. The van der Waals surface area contributed by atoms with Gasteiger partial charge in [-0.05, 0) is 62.7 Å². The minimum Gasteiger partial charge on any atom is -0.283 e. The molecule has 1 nitrogen and oxygen atoms in total. The van der Waals surface area contributed by atoms with E-state index in [1.807, 2.05) is 19.1 Å². The fourth-order valence-corrected chi connectivity index (χ4v) is 3.08. The molecular weight excluding hydrogens is 288 g/mol. The van der Waals surface area contributed by atoms with Crippen LogP contribution in [0.1, 0.15) is 53.9 Å². The maximum absolute atomic E-state index is 10.8. The molecule has 1 aliphatic rings. The summed E-state index contributed by atoms with van der Waals surface area (Å²) in [6, 6.07) is 0. The van der Waals surface area contributed by atoms with Crippen LogP contribution in [0, 0.1) is 5.41 Å². The molecule has 0 heterocycles. The third kappa shape index (κ3) is 6.23. The molecule has 1 aliphatic carbocycles. The molecule has 0 aromatic carbocycles. The molecule has 0 radical (unpaired) electrons. The molecule has 0 fully saturated rings. The van der Waals surface area contributed by atoms with Crippen LogP contribution in [-0.4, -0.2) is 5.12 Å². The van der Waals surface area contributed by atoms with Gasteiger partial charge in [-0.15, -0.1) is 12.6 Å². The van der Waals surface area contributed by atoms with Gasteiger partial charge in [0.2, 0.25) is 5.12 Å². The van der Waals surface area contributed by atoms with Crippen molar-refractivity contribution < 1.29 is 4.79 Å². The van der Waals surface area contributed by atoms with Crippen molar-refractivity contribution in [1.82, 2.24) is 0 Å². The Kier molecular flexibility index (Phi) is 7.15. The molecule has 0 atom stereocenters. The number of carbonyl (C=O) groups excluding carboxylic acids is 1. The second-order valence-corrected chi connectivity index (χ2v) is 7.20. The Balaban J connectivity index is 2.79. The number of hydrogen-bond donors (Lipinski definition) is 1. The Labute approximate surface area is 141 Å². The summed E-state index contributed by atoms with van der Waals surface area (Å²) in [7, 11) is 0. The van der Waals surface area contributed by atoms with E-state index < -0.39 is 0 Å². The van der Waals surface area contributed by atoms with E-state index in [4.69, 9.17) is 0 Å². The smallest absolute Gasteiger partial charge is 0.209 e. The molecule has 0 unspecified atom stereocenters. The molecule has 0 amide bonds. The van der Waals surface area contributed by atoms with Crippen molar-refractivity contribution in [3.05, 3.63) is 58.7 Å². The number of carbonyl (C=O) groups is 1. The number of allylic oxidation sites excluding steroid dienone is 9. The van der Waals surface area contributed by atoms with Crippen LogP contribution in [0.3, 0.4) is 0 Å². The molecule has 0 N–H and O–H groups in total. The summed E-state index contributed by atoms with van der Waals surface area (Å²) in [6.45, 7) is 10.9. The first-order valence-electron chi connectivity index (χ1n) is 7.87. The van der Waals surface area contributed by atoms with Crippen LogP contribution < -0.4 is 0 Å². The van der Waals surface area contributed by atoms with E-state index in [0.717, 1.165) is 5.57 Å². The lowest BCUT2D eigenvalue weighted by Gasteiger charge is -2.32. The SMILES string of the molecule is CC(C=CC1=C(C)CCCC1(C)C)=CC=CC(C)=CC(=O)S. The molecule has 1 rings (SSSR count). The summed E-state index contributed by atoms with van der Waals surface area (Å²) in [4.78, 5) is 10.8. The first-order valence-corrected chi connectivity index (χ1v) is 8.31. The van der Waals surface area contributed by atoms with Gasteiger partial charge < -0.3 is 0 Å². The maximum atomic E-state index is 10.8. The maximum Gasteiger partial charge on any atom is 0.209 e. The Morgan fingerprint density at radius 3 is 2.45 bits per heavy atom. The van der Waals surface area contributed by atoms with Crippen molar-refractivity contribution in [2.45, 2.75) is 53.9 Å². The lowest BCUT2D eigenvalue weighted by Crippen LogP contribution is -2.19. The van der Waals surface area contributed by atoms with Gasteiger partial charge in [0.15, 0.2) is 0 Å². The van der Waals surface area contributed by atoms with E-state index in [1.54, 1.807) is 0 Å². The first kappa shape index (κ1) is 18.8. The molecule has 0 aromatic rings. The van der Waals surface area contributed by atoms with Gasteiger partial charge in [-0.1, -0.05) is 55.4 Å². The van der Waals surface area contributed by atoms with Crippen molar-refractivity contribution in [3.8, 4) is 0 Å². The average molecular weight is 317 g/mol. The van der Waals surface area contributed by atoms with Crippen molar-refractivity contribution in [2.24, 2.45) is 5.41 Å². The molecule has 0 aliphatic heterocycles. The van der Waals surface area contributed by atoms with Crippen LogP contribution in [0.4, 0.5) is 0 Å². The quantitative estimate of drug-likeness (QED) is 0.375. The minimum absolute atomic E-state index is 0.218. The lowest BCUT2D eigenvalue weighted by molar-refractivity contribution is -0.106. The van der Waals surface area contributed by atoms with Crippen molar-refractivity contribution in [1.29, 1.82) is 0 Å². The Morgan fingerprint density at radius 2 is 1.86 bits per heavy atom. The van der Waals surface area contributed by atoms with Crippen LogP contribution in [0.15, 0.2) is 58.7 Å². The number of thiol groups is 1. The molecule has 22 heavy (non-hydrogen) atoms. The van der Waals surface area contributed by atoms with E-state index in [-0.39, 0.29) is 10.5 Å². The fraction of sp³-hybridized carbons (Fsp3) is 0.450. The van der Waals surface area contributed by atoms with Gasteiger partial charge in [-0.2, -0.15) is 0 Å². The molecule has 120 valence electrons. The van der Waals surface area contributed by atoms with Crippen molar-refractivity contribution >= 4 is 17.7 Å². The molecule has 0 saturated carbocycles. The number of rotatable bonds is 5. The number of hydrogen-bond acceptors (Lipinski definition) is 1. The molecule has 0 bridgehead atoms. The zero-order valence-corrected chi connectivity index (χ0v) is 15.3. The monoisotopic (exact) mass is 316 g/mol. The van der Waals surface area contributed by atoms with Gasteiger partial charge in [0.25, 0.3) is 0 Å². The van der Waals surface area contributed by atoms with Gasteiger partial charge in [-0.25, -0.2) is 0 Å². The second kappa shape index (κ2) is 8.38. The molecule has 0 spiro atoms. The van der Waals surface area contributed by atoms with Gasteiger partial charge >= 0.3 is 0 Å². The van der Waals surface area contributed by atoms with Crippen molar-refractivity contribution in [3.63, 3.8) is 0 Å². The Morgan fingerprint density at radius 1 is 1.18 bits per heavy atom. The van der Waals surface area contributed by atoms with Gasteiger partial charge in [0.1, 0.15) is 0 Å². The van der Waals surface area contributed by atoms with E-state index in [0.29, 0.717) is 0 Å². The van der Waals surface area contributed by atoms with Crippen LogP contribution in [0.5, 0.6) is 0 Å².